The molecule has 15 heteroatoms. The van der Waals surface area contributed by atoms with Crippen molar-refractivity contribution in [2.75, 3.05) is 102 Å². The molecular formula is C47H100ClN5O9. The molecule has 2 amide bonds. The summed E-state index contributed by atoms with van der Waals surface area (Å²) in [6, 6.07) is 0. The van der Waals surface area contributed by atoms with E-state index in [1.165, 1.54) is 0 Å². The quantitative estimate of drug-likeness (QED) is 0.0786. The Morgan fingerprint density at radius 1 is 0.645 bits per heavy atom. The minimum absolute atomic E-state index is 0. The number of nitrogens with zero attached hydrogens (tertiary/aromatic N) is 3. The number of amides is 2. The molecule has 0 radical (unpaired) electrons. The second-order valence-electron chi connectivity index (χ2n) is 20.3. The highest BCUT2D eigenvalue weighted by Crippen LogP contribution is 2.21. The average molecular weight is 915 g/mol. The average Bonchev–Trinajstić information content (AvgIpc) is 3.16. The van der Waals surface area contributed by atoms with Crippen LogP contribution in [0.25, 0.3) is 0 Å². The Morgan fingerprint density at radius 3 is 1.24 bits per heavy atom. The van der Waals surface area contributed by atoms with Gasteiger partial charge in [0.2, 0.25) is 11.8 Å². The number of carbonyl (C=O) groups excluding carboxylic acids is 5. The summed E-state index contributed by atoms with van der Waals surface area (Å²) in [6.07, 6.45) is 5.52. The maximum absolute atomic E-state index is 11.7. The lowest BCUT2D eigenvalue weighted by Crippen LogP contribution is -3.00. The molecule has 0 aromatic heterocycles. The smallest absolute Gasteiger partial charge is 0.311 e. The van der Waals surface area contributed by atoms with E-state index in [2.05, 4.69) is 52.9 Å². The van der Waals surface area contributed by atoms with Gasteiger partial charge in [-0.2, -0.15) is 0 Å². The number of ether oxygens (including phenoxy) is 2. The van der Waals surface area contributed by atoms with Crippen molar-refractivity contribution in [3.05, 3.63) is 0 Å². The third-order valence-electron chi connectivity index (χ3n) is 10.3. The van der Waals surface area contributed by atoms with Gasteiger partial charge in [0.25, 0.3) is 0 Å². The second kappa shape index (κ2) is 36.8. The van der Waals surface area contributed by atoms with Crippen LogP contribution in [0, 0.1) is 28.1 Å². The number of quaternary nitrogens is 2. The maximum Gasteiger partial charge on any atom is 0.311 e. The van der Waals surface area contributed by atoms with Gasteiger partial charge in [-0.15, -0.1) is 0 Å². The molecule has 0 saturated carbocycles. The van der Waals surface area contributed by atoms with Gasteiger partial charge in [-0.25, -0.2) is 0 Å². The lowest BCUT2D eigenvalue weighted by Gasteiger charge is -2.25. The molecular weight excluding hydrogens is 814 g/mol. The van der Waals surface area contributed by atoms with E-state index in [0.29, 0.717) is 13.0 Å². The molecule has 3 N–H and O–H groups in total. The lowest BCUT2D eigenvalue weighted by atomic mass is 9.89. The molecule has 0 heterocycles. The molecule has 62 heavy (non-hydrogen) atoms. The molecule has 0 aromatic carbocycles. The van der Waals surface area contributed by atoms with E-state index < -0.39 is 12.1 Å². The van der Waals surface area contributed by atoms with Gasteiger partial charge in [0.05, 0.1) is 72.8 Å². The van der Waals surface area contributed by atoms with Crippen LogP contribution >= 0.6 is 0 Å². The number of carboxylic acid groups (broad SMARTS) is 1. The predicted octanol–water partition coefficient (Wildman–Crippen LogP) is 2.54. The fourth-order valence-electron chi connectivity index (χ4n) is 3.65. The number of hydrogen-bond acceptors (Lipinski definition) is 10. The summed E-state index contributed by atoms with van der Waals surface area (Å²) < 4.78 is 11.8. The molecule has 0 aliphatic rings. The van der Waals surface area contributed by atoms with E-state index in [4.69, 9.17) is 14.6 Å². The Morgan fingerprint density at radius 2 is 1.00 bits per heavy atom. The number of hydrogen-bond donors (Lipinski definition) is 3. The first-order chi connectivity index (χ1) is 27.5. The molecule has 0 saturated heterocycles. The molecule has 374 valence electrons. The van der Waals surface area contributed by atoms with E-state index in [1.807, 2.05) is 102 Å². The van der Waals surface area contributed by atoms with Crippen LogP contribution in [-0.2, 0) is 33.4 Å². The Hall–Kier alpha value is -2.52. The third kappa shape index (κ3) is 45.5. The zero-order chi connectivity index (χ0) is 49.4. The number of likely N-dealkylation sites (N-methyl/N-ethyl adjacent to an activating group) is 1. The summed E-state index contributed by atoms with van der Waals surface area (Å²) in [4.78, 5) is 57.6. The summed E-state index contributed by atoms with van der Waals surface area (Å²) in [6.45, 7) is 31.8. The van der Waals surface area contributed by atoms with Crippen molar-refractivity contribution in [3.63, 3.8) is 0 Å². The van der Waals surface area contributed by atoms with Crippen molar-refractivity contribution in [2.45, 2.75) is 148 Å². The normalized spacial score (nSPS) is 12.9. The van der Waals surface area contributed by atoms with Gasteiger partial charge in [-0.05, 0) is 72.9 Å². The molecule has 0 aliphatic heterocycles. The molecule has 0 bridgehead atoms. The topological polar surface area (TPSA) is 174 Å². The van der Waals surface area contributed by atoms with Crippen molar-refractivity contribution in [1.29, 1.82) is 0 Å². The van der Waals surface area contributed by atoms with Crippen molar-refractivity contribution >= 4 is 29.7 Å². The first kappa shape index (κ1) is 71.1. The number of carboxylic acids is 1. The number of esters is 2. The van der Waals surface area contributed by atoms with Crippen LogP contribution < -0.4 is 28.1 Å². The first-order valence-electron chi connectivity index (χ1n) is 22.6. The molecule has 0 aliphatic carbocycles. The zero-order valence-corrected chi connectivity index (χ0v) is 44.8. The molecule has 0 aromatic rings. The Bertz CT molecular complexity index is 1140. The van der Waals surface area contributed by atoms with Crippen LogP contribution in [0.1, 0.15) is 142 Å². The summed E-state index contributed by atoms with van der Waals surface area (Å²) in [5.74, 6) is -1.29. The monoisotopic (exact) mass is 914 g/mol. The standard InChI is InChI=1S/2C12H26N2O.C10H21NO2.C8H16O3.C5H10O2.ClH/c2*1-7-12(2,3)11(15)13-9-8-10-14(4,5)6;1-6-10(2,3)9(12)13-8-7-11(4)5;1-4-6(2)8(10)11-5-7(3)9;1-3-4(2)5(6)7;/h2*7-10H2,1-6H3;6-8H2,1-5H3;6-7,9H,4-5H2,1-3H3;4H,3H2,1-2H3,(H,6,7);1H. The van der Waals surface area contributed by atoms with Crippen molar-refractivity contribution in [1.82, 2.24) is 15.5 Å². The van der Waals surface area contributed by atoms with Crippen LogP contribution in [0.15, 0.2) is 0 Å². The van der Waals surface area contributed by atoms with Gasteiger partial charge in [0.1, 0.15) is 13.2 Å². The number of rotatable bonds is 23. The number of aliphatic carboxylic acids is 1. The van der Waals surface area contributed by atoms with Crippen molar-refractivity contribution in [3.8, 4) is 0 Å². The van der Waals surface area contributed by atoms with Crippen LogP contribution in [0.4, 0.5) is 0 Å². The zero-order valence-electron chi connectivity index (χ0n) is 44.1. The summed E-state index contributed by atoms with van der Waals surface area (Å²) in [5.41, 5.74) is -0.792. The number of carbonyl (C=O) groups is 5. The number of aliphatic hydroxyl groups is 1. The van der Waals surface area contributed by atoms with Crippen LogP contribution in [-0.4, -0.2) is 157 Å². The highest BCUT2D eigenvalue weighted by Gasteiger charge is 2.27. The molecule has 0 rings (SSSR count). The summed E-state index contributed by atoms with van der Waals surface area (Å²) in [7, 11) is 16.9. The number of aliphatic hydroxyl groups excluding tert-OH is 1. The number of nitrogens with one attached hydrogen (secondary N) is 2. The van der Waals surface area contributed by atoms with Gasteiger partial charge in [-0.3, -0.25) is 19.2 Å². The Balaban J connectivity index is -0.000000160. The third-order valence-corrected chi connectivity index (χ3v) is 10.3. The van der Waals surface area contributed by atoms with Gasteiger partial charge in [0.15, 0.2) is 0 Å². The van der Waals surface area contributed by atoms with Gasteiger partial charge in [-0.1, -0.05) is 76.2 Å². The van der Waals surface area contributed by atoms with E-state index in [0.717, 1.165) is 80.2 Å². The highest BCUT2D eigenvalue weighted by molar-refractivity contribution is 5.82. The SMILES string of the molecule is CCC(C)(C)C(=O)NCCC[N+](C)(C)C.CCC(C)(C)C(=O)NCCC[N+](C)(C)C.CCC(C)(C)C(=O)OCCN(C)C.CCC(C)C(=O)OCC(C)O.CCC(C)C(=O)[O-].[Cl-]. The van der Waals surface area contributed by atoms with Crippen molar-refractivity contribution in [2.24, 2.45) is 28.1 Å². The lowest BCUT2D eigenvalue weighted by molar-refractivity contribution is -0.870. The highest BCUT2D eigenvalue weighted by atomic mass is 35.5. The summed E-state index contributed by atoms with van der Waals surface area (Å²) >= 11 is 0. The second-order valence-corrected chi connectivity index (χ2v) is 20.3. The molecule has 3 unspecified atom stereocenters. The fraction of sp³-hybridized carbons (Fsp3) is 0.894. The minimum Gasteiger partial charge on any atom is -1.00 e. The number of halogens is 1. The van der Waals surface area contributed by atoms with Crippen LogP contribution in [0.5, 0.6) is 0 Å². The van der Waals surface area contributed by atoms with E-state index in [9.17, 15) is 29.1 Å². The Kier molecular flexibility index (Phi) is 42.2. The largest absolute Gasteiger partial charge is 1.00 e. The van der Waals surface area contributed by atoms with E-state index >= 15 is 0 Å². The molecule has 0 spiro atoms. The van der Waals surface area contributed by atoms with Crippen molar-refractivity contribution < 1.29 is 65.0 Å². The van der Waals surface area contributed by atoms with Gasteiger partial charge >= 0.3 is 11.9 Å². The van der Waals surface area contributed by atoms with E-state index in [1.54, 1.807) is 13.8 Å². The maximum atomic E-state index is 11.7. The minimum atomic E-state index is -0.956. The predicted molar refractivity (Wildman–Crippen MR) is 249 cm³/mol. The molecule has 0 fully saturated rings. The molecule has 3 atom stereocenters. The Labute approximate surface area is 387 Å². The first-order valence-corrected chi connectivity index (χ1v) is 22.6. The van der Waals surface area contributed by atoms with Gasteiger partial charge in [0, 0.05) is 49.3 Å². The van der Waals surface area contributed by atoms with Crippen LogP contribution in [0.3, 0.4) is 0 Å². The van der Waals surface area contributed by atoms with E-state index in [-0.39, 0.29) is 70.8 Å². The summed E-state index contributed by atoms with van der Waals surface area (Å²) in [5, 5.41) is 24.6. The fourth-order valence-corrected chi connectivity index (χ4v) is 3.65. The molecule has 14 nitrogen and oxygen atoms in total. The van der Waals surface area contributed by atoms with Gasteiger partial charge < -0.3 is 61.4 Å². The van der Waals surface area contributed by atoms with Crippen LogP contribution in [0.2, 0.25) is 0 Å².